The number of β-amino-alcohol motifs (C(OH)–C–C–N with tert-alkyl or cyclic N) is 1. The quantitative estimate of drug-likeness (QED) is 0.861. The van der Waals surface area contributed by atoms with Gasteiger partial charge in [0.05, 0.1) is 23.4 Å². The molecule has 1 aliphatic heterocycles. The van der Waals surface area contributed by atoms with E-state index in [-0.39, 0.29) is 11.4 Å². The van der Waals surface area contributed by atoms with Gasteiger partial charge in [0.25, 0.3) is 0 Å². The van der Waals surface area contributed by atoms with E-state index in [1.165, 1.54) is 0 Å². The summed E-state index contributed by atoms with van der Waals surface area (Å²) in [7, 11) is 0. The van der Waals surface area contributed by atoms with Crippen molar-refractivity contribution in [1.82, 2.24) is 9.97 Å². The molecule has 1 saturated heterocycles. The maximum absolute atomic E-state index is 9.67. The van der Waals surface area contributed by atoms with Crippen LogP contribution in [-0.4, -0.2) is 34.3 Å². The van der Waals surface area contributed by atoms with E-state index in [0.29, 0.717) is 17.8 Å². The highest BCUT2D eigenvalue weighted by atomic mass is 35.5. The molecule has 2 heterocycles. The molecule has 0 aliphatic carbocycles. The first kappa shape index (κ1) is 13.8. The Bertz CT molecular complexity index is 713. The lowest BCUT2D eigenvalue weighted by atomic mass is 10.1. The summed E-state index contributed by atoms with van der Waals surface area (Å²) in [6, 6.07) is 9.47. The van der Waals surface area contributed by atoms with Crippen LogP contribution in [0.5, 0.6) is 0 Å². The number of aliphatic hydroxyl groups excluding tert-OH is 1. The van der Waals surface area contributed by atoms with Crippen LogP contribution in [0.3, 0.4) is 0 Å². The number of rotatable bonds is 2. The third-order valence-corrected chi connectivity index (χ3v) is 3.68. The van der Waals surface area contributed by atoms with Crippen molar-refractivity contribution in [3.05, 3.63) is 41.3 Å². The number of hydrogen-bond acceptors (Lipinski definition) is 5. The first-order valence-corrected chi connectivity index (χ1v) is 7.00. The standard InChI is InChI=1S/C15H13ClN4O/c16-15-18-3-1-14(19-15)11-5-10(8-17)6-12(7-11)20-4-2-13(21)9-20/h1,3,5-7,13,21H,2,4,9H2. The van der Waals surface area contributed by atoms with Crippen LogP contribution in [0.2, 0.25) is 5.28 Å². The molecule has 1 aromatic carbocycles. The van der Waals surface area contributed by atoms with Crippen LogP contribution in [0.1, 0.15) is 12.0 Å². The van der Waals surface area contributed by atoms with E-state index in [9.17, 15) is 10.4 Å². The molecule has 1 N–H and O–H groups in total. The van der Waals surface area contributed by atoms with Gasteiger partial charge >= 0.3 is 0 Å². The second-order valence-electron chi connectivity index (χ2n) is 4.98. The average molecular weight is 301 g/mol. The zero-order valence-electron chi connectivity index (χ0n) is 11.2. The van der Waals surface area contributed by atoms with E-state index in [4.69, 9.17) is 11.6 Å². The number of nitriles is 1. The van der Waals surface area contributed by atoms with Crippen LogP contribution in [0, 0.1) is 11.3 Å². The molecule has 1 aromatic heterocycles. The molecule has 1 aliphatic rings. The maximum atomic E-state index is 9.67. The Labute approximate surface area is 127 Å². The largest absolute Gasteiger partial charge is 0.391 e. The van der Waals surface area contributed by atoms with Crippen molar-refractivity contribution in [3.8, 4) is 17.3 Å². The highest BCUT2D eigenvalue weighted by Gasteiger charge is 2.21. The summed E-state index contributed by atoms with van der Waals surface area (Å²) in [6.45, 7) is 1.36. The molecular formula is C15H13ClN4O. The highest BCUT2D eigenvalue weighted by molar-refractivity contribution is 6.28. The zero-order chi connectivity index (χ0) is 14.8. The van der Waals surface area contributed by atoms with Crippen molar-refractivity contribution in [2.75, 3.05) is 18.0 Å². The van der Waals surface area contributed by atoms with Gasteiger partial charge in [0.15, 0.2) is 0 Å². The minimum absolute atomic E-state index is 0.174. The summed E-state index contributed by atoms with van der Waals surface area (Å²) in [6.07, 6.45) is 2.02. The Morgan fingerprint density at radius 2 is 2.24 bits per heavy atom. The first-order valence-electron chi connectivity index (χ1n) is 6.63. The van der Waals surface area contributed by atoms with Crippen LogP contribution >= 0.6 is 11.6 Å². The Morgan fingerprint density at radius 3 is 2.90 bits per heavy atom. The summed E-state index contributed by atoms with van der Waals surface area (Å²) in [4.78, 5) is 10.1. The third kappa shape index (κ3) is 2.97. The molecule has 0 bridgehead atoms. The SMILES string of the molecule is N#Cc1cc(-c2ccnc(Cl)n2)cc(N2CCC(O)C2)c1. The molecule has 5 nitrogen and oxygen atoms in total. The number of aliphatic hydroxyl groups is 1. The highest BCUT2D eigenvalue weighted by Crippen LogP contribution is 2.28. The van der Waals surface area contributed by atoms with Crippen molar-refractivity contribution in [2.45, 2.75) is 12.5 Å². The van der Waals surface area contributed by atoms with Crippen LogP contribution in [0.25, 0.3) is 11.3 Å². The van der Waals surface area contributed by atoms with Gasteiger partial charge in [-0.3, -0.25) is 0 Å². The van der Waals surface area contributed by atoms with Gasteiger partial charge < -0.3 is 10.0 Å². The lowest BCUT2D eigenvalue weighted by Crippen LogP contribution is -2.21. The number of nitrogens with zero attached hydrogens (tertiary/aromatic N) is 4. The van der Waals surface area contributed by atoms with Gasteiger partial charge in [0.2, 0.25) is 5.28 Å². The molecule has 0 spiro atoms. The third-order valence-electron chi connectivity index (χ3n) is 3.50. The van der Waals surface area contributed by atoms with E-state index >= 15 is 0 Å². The van der Waals surface area contributed by atoms with Crippen LogP contribution in [-0.2, 0) is 0 Å². The number of halogens is 1. The minimum atomic E-state index is -0.312. The van der Waals surface area contributed by atoms with E-state index < -0.39 is 0 Å². The van der Waals surface area contributed by atoms with Gasteiger partial charge in [-0.25, -0.2) is 9.97 Å². The number of anilines is 1. The van der Waals surface area contributed by atoms with Gasteiger partial charge in [-0.1, -0.05) is 0 Å². The van der Waals surface area contributed by atoms with Crippen LogP contribution in [0.4, 0.5) is 5.69 Å². The normalized spacial score (nSPS) is 17.8. The fourth-order valence-electron chi connectivity index (χ4n) is 2.48. The van der Waals surface area contributed by atoms with Crippen molar-refractivity contribution in [3.63, 3.8) is 0 Å². The molecule has 0 amide bonds. The van der Waals surface area contributed by atoms with E-state index in [1.807, 2.05) is 12.1 Å². The van der Waals surface area contributed by atoms with E-state index in [2.05, 4.69) is 20.9 Å². The average Bonchev–Trinajstić information content (AvgIpc) is 2.93. The van der Waals surface area contributed by atoms with E-state index in [1.54, 1.807) is 18.3 Å². The summed E-state index contributed by atoms with van der Waals surface area (Å²) >= 11 is 5.82. The molecule has 1 atom stereocenters. The van der Waals surface area contributed by atoms with Gasteiger partial charge in [0, 0.05) is 30.5 Å². The fraction of sp³-hybridized carbons (Fsp3) is 0.267. The zero-order valence-corrected chi connectivity index (χ0v) is 12.0. The number of hydrogen-bond donors (Lipinski definition) is 1. The molecular weight excluding hydrogens is 288 g/mol. The summed E-state index contributed by atoms with van der Waals surface area (Å²) in [5, 5.41) is 19.0. The second-order valence-corrected chi connectivity index (χ2v) is 5.32. The van der Waals surface area contributed by atoms with Gasteiger partial charge in [0.1, 0.15) is 0 Å². The lowest BCUT2D eigenvalue weighted by molar-refractivity contribution is 0.198. The maximum Gasteiger partial charge on any atom is 0.222 e. The molecule has 1 fully saturated rings. The first-order chi connectivity index (χ1) is 10.2. The molecule has 2 aromatic rings. The number of aromatic nitrogens is 2. The van der Waals surface area contributed by atoms with Crippen molar-refractivity contribution >= 4 is 17.3 Å². The summed E-state index contributed by atoms with van der Waals surface area (Å²) in [5.41, 5.74) is 2.96. The summed E-state index contributed by atoms with van der Waals surface area (Å²) in [5.74, 6) is 0. The Morgan fingerprint density at radius 1 is 1.38 bits per heavy atom. The van der Waals surface area contributed by atoms with Crippen molar-refractivity contribution < 1.29 is 5.11 Å². The smallest absolute Gasteiger partial charge is 0.222 e. The van der Waals surface area contributed by atoms with Gasteiger partial charge in [-0.05, 0) is 42.3 Å². The monoisotopic (exact) mass is 300 g/mol. The molecule has 0 saturated carbocycles. The Kier molecular flexibility index (Phi) is 3.74. The molecule has 0 radical (unpaired) electrons. The summed E-state index contributed by atoms with van der Waals surface area (Å²) < 4.78 is 0. The number of benzene rings is 1. The molecule has 1 unspecified atom stereocenters. The van der Waals surface area contributed by atoms with Gasteiger partial charge in [-0.2, -0.15) is 5.26 Å². The van der Waals surface area contributed by atoms with E-state index in [0.717, 1.165) is 24.2 Å². The van der Waals surface area contributed by atoms with Crippen LogP contribution in [0.15, 0.2) is 30.5 Å². The Balaban J connectivity index is 2.03. The van der Waals surface area contributed by atoms with Crippen LogP contribution < -0.4 is 4.90 Å². The van der Waals surface area contributed by atoms with Crippen molar-refractivity contribution in [1.29, 1.82) is 5.26 Å². The fourth-order valence-corrected chi connectivity index (χ4v) is 2.63. The Hall–Kier alpha value is -2.16. The predicted octanol–water partition coefficient (Wildman–Crippen LogP) is 2.24. The lowest BCUT2D eigenvalue weighted by Gasteiger charge is -2.19. The topological polar surface area (TPSA) is 73.0 Å². The second kappa shape index (κ2) is 5.68. The molecule has 6 heteroatoms. The predicted molar refractivity (Wildman–Crippen MR) is 80.0 cm³/mol. The minimum Gasteiger partial charge on any atom is -0.391 e. The molecule has 3 rings (SSSR count). The molecule has 21 heavy (non-hydrogen) atoms. The van der Waals surface area contributed by atoms with Crippen molar-refractivity contribution in [2.24, 2.45) is 0 Å². The molecule has 106 valence electrons. The van der Waals surface area contributed by atoms with Gasteiger partial charge in [-0.15, -0.1) is 0 Å².